The number of aryl methyl sites for hydroxylation is 1. The molecule has 2 rings (SSSR count). The first-order chi connectivity index (χ1) is 12.8. The molecular weight excluding hydrogens is 473 g/mol. The van der Waals surface area contributed by atoms with Crippen molar-refractivity contribution in [1.29, 1.82) is 0 Å². The predicted molar refractivity (Wildman–Crippen MR) is 120 cm³/mol. The predicted octanol–water partition coefficient (Wildman–Crippen LogP) is 3.50. The van der Waals surface area contributed by atoms with Gasteiger partial charge in [0.2, 0.25) is 0 Å². The maximum Gasteiger partial charge on any atom is 0.341 e. The van der Waals surface area contributed by atoms with Crippen LogP contribution in [0.3, 0.4) is 0 Å². The largest absolute Gasteiger partial charge is 0.465 e. The third-order valence-electron chi connectivity index (χ3n) is 4.86. The van der Waals surface area contributed by atoms with E-state index in [9.17, 15) is 4.79 Å². The van der Waals surface area contributed by atoms with Crippen LogP contribution < -0.4 is 10.6 Å². The second kappa shape index (κ2) is 11.0. The van der Waals surface area contributed by atoms with E-state index in [0.717, 1.165) is 26.0 Å². The van der Waals surface area contributed by atoms with Crippen LogP contribution in [0.5, 0.6) is 0 Å². The highest BCUT2D eigenvalue weighted by Gasteiger charge is 2.35. The summed E-state index contributed by atoms with van der Waals surface area (Å²) in [7, 11) is 3.10. The lowest BCUT2D eigenvalue weighted by Crippen LogP contribution is -2.47. The van der Waals surface area contributed by atoms with Gasteiger partial charge in [-0.25, -0.2) is 4.79 Å². The van der Waals surface area contributed by atoms with E-state index in [1.807, 2.05) is 0 Å². The summed E-state index contributed by atoms with van der Waals surface area (Å²) in [6.45, 7) is 10.5. The molecule has 0 bridgehead atoms. The Morgan fingerprint density at radius 2 is 2.07 bits per heavy atom. The first-order valence-corrected chi connectivity index (χ1v) is 9.50. The highest BCUT2D eigenvalue weighted by molar-refractivity contribution is 14.0. The molecule has 0 amide bonds. The second-order valence-electron chi connectivity index (χ2n) is 8.04. The molecular formula is C20H34IN3O4. The van der Waals surface area contributed by atoms with Crippen molar-refractivity contribution >= 4 is 35.9 Å². The fourth-order valence-corrected chi connectivity index (χ4v) is 3.57. The molecule has 1 aromatic heterocycles. The summed E-state index contributed by atoms with van der Waals surface area (Å²) < 4.78 is 16.4. The van der Waals surface area contributed by atoms with E-state index < -0.39 is 5.97 Å². The number of nitrogens with zero attached hydrogens (tertiary/aromatic N) is 1. The Morgan fingerprint density at radius 1 is 1.36 bits per heavy atom. The monoisotopic (exact) mass is 507 g/mol. The molecule has 0 radical (unpaired) electrons. The van der Waals surface area contributed by atoms with Crippen molar-refractivity contribution in [2.75, 3.05) is 27.3 Å². The van der Waals surface area contributed by atoms with Gasteiger partial charge in [-0.15, -0.1) is 24.0 Å². The van der Waals surface area contributed by atoms with Crippen LogP contribution in [-0.2, 0) is 16.0 Å². The number of nitrogens with one attached hydrogen (secondary N) is 2. The van der Waals surface area contributed by atoms with Gasteiger partial charge >= 0.3 is 5.97 Å². The highest BCUT2D eigenvalue weighted by atomic mass is 127. The number of carbonyl (C=O) groups excluding carboxylic acids is 1. The Bertz CT molecular complexity index is 667. The molecule has 0 aromatic carbocycles. The van der Waals surface area contributed by atoms with Gasteiger partial charge in [0.05, 0.1) is 19.8 Å². The van der Waals surface area contributed by atoms with Crippen LogP contribution in [0, 0.1) is 18.3 Å². The van der Waals surface area contributed by atoms with Crippen LogP contribution in [0.4, 0.5) is 0 Å². The normalized spacial score (nSPS) is 20.3. The fourth-order valence-electron chi connectivity index (χ4n) is 3.57. The zero-order valence-electron chi connectivity index (χ0n) is 17.8. The van der Waals surface area contributed by atoms with Crippen molar-refractivity contribution in [1.82, 2.24) is 10.6 Å². The van der Waals surface area contributed by atoms with Crippen LogP contribution in [-0.4, -0.2) is 45.3 Å². The Balaban J connectivity index is 0.00000392. The van der Waals surface area contributed by atoms with Gasteiger partial charge in [-0.2, -0.15) is 0 Å². The summed E-state index contributed by atoms with van der Waals surface area (Å²) in [6.07, 6.45) is 2.46. The average Bonchev–Trinajstić information content (AvgIpc) is 3.01. The van der Waals surface area contributed by atoms with E-state index in [-0.39, 0.29) is 35.5 Å². The van der Waals surface area contributed by atoms with E-state index in [2.05, 4.69) is 36.4 Å². The number of methoxy groups -OCH3 is 1. The molecule has 8 heteroatoms. The molecule has 1 aliphatic heterocycles. The number of hydrogen-bond acceptors (Lipinski definition) is 5. The molecule has 1 saturated heterocycles. The maximum atomic E-state index is 11.7. The summed E-state index contributed by atoms with van der Waals surface area (Å²) in [5.41, 5.74) is 0.560. The van der Waals surface area contributed by atoms with Crippen molar-refractivity contribution in [3.05, 3.63) is 23.2 Å². The number of carbonyl (C=O) groups is 1. The molecule has 0 aliphatic carbocycles. The fraction of sp³-hybridized carbons (Fsp3) is 0.700. The Hall–Kier alpha value is -1.29. The standard InChI is InChI=1S/C20H33N3O4.HI/c1-13-16(18(24)25-6)10-15(27-13)12-23-19(21-5)22-11-14-8-7-9-26-17(14)20(2,3)4;/h10,14,17H,7-9,11-12H2,1-6H3,(H2,21,22,23);1H. The average molecular weight is 507 g/mol. The van der Waals surface area contributed by atoms with E-state index >= 15 is 0 Å². The first-order valence-electron chi connectivity index (χ1n) is 9.50. The van der Waals surface area contributed by atoms with E-state index in [4.69, 9.17) is 13.9 Å². The third-order valence-corrected chi connectivity index (χ3v) is 4.86. The molecule has 28 heavy (non-hydrogen) atoms. The molecule has 0 saturated carbocycles. The van der Waals surface area contributed by atoms with Gasteiger partial charge in [0.25, 0.3) is 0 Å². The lowest BCUT2D eigenvalue weighted by atomic mass is 9.78. The van der Waals surface area contributed by atoms with Crippen LogP contribution in [0.1, 0.15) is 55.5 Å². The summed E-state index contributed by atoms with van der Waals surface area (Å²) in [5, 5.41) is 6.62. The molecule has 2 heterocycles. The van der Waals surface area contributed by atoms with Crippen molar-refractivity contribution in [3.8, 4) is 0 Å². The minimum Gasteiger partial charge on any atom is -0.465 e. The summed E-state index contributed by atoms with van der Waals surface area (Å²) >= 11 is 0. The minimum absolute atomic E-state index is 0. The van der Waals surface area contributed by atoms with Crippen molar-refractivity contribution < 1.29 is 18.7 Å². The molecule has 2 unspecified atom stereocenters. The Kier molecular flexibility index (Phi) is 9.76. The lowest BCUT2D eigenvalue weighted by molar-refractivity contribution is -0.0835. The van der Waals surface area contributed by atoms with Gasteiger partial charge in [0.1, 0.15) is 17.1 Å². The van der Waals surface area contributed by atoms with Crippen molar-refractivity contribution in [2.45, 2.75) is 53.2 Å². The Labute approximate surface area is 185 Å². The van der Waals surface area contributed by atoms with Gasteiger partial charge in [-0.3, -0.25) is 4.99 Å². The summed E-state index contributed by atoms with van der Waals surface area (Å²) in [5.74, 6) is 1.95. The van der Waals surface area contributed by atoms with E-state index in [0.29, 0.717) is 35.5 Å². The number of guanidine groups is 1. The highest BCUT2D eigenvalue weighted by Crippen LogP contribution is 2.33. The zero-order valence-corrected chi connectivity index (χ0v) is 20.1. The number of aliphatic imine (C=N–C) groups is 1. The van der Waals surface area contributed by atoms with Crippen molar-refractivity contribution in [2.24, 2.45) is 16.3 Å². The summed E-state index contributed by atoms with van der Waals surface area (Å²) in [6, 6.07) is 1.70. The maximum absolute atomic E-state index is 11.7. The van der Waals surface area contributed by atoms with Gasteiger partial charge in [-0.1, -0.05) is 20.8 Å². The van der Waals surface area contributed by atoms with Crippen LogP contribution in [0.15, 0.2) is 15.5 Å². The quantitative estimate of drug-likeness (QED) is 0.275. The van der Waals surface area contributed by atoms with E-state index in [1.165, 1.54) is 7.11 Å². The Morgan fingerprint density at radius 3 is 2.68 bits per heavy atom. The lowest BCUT2D eigenvalue weighted by Gasteiger charge is -2.40. The zero-order chi connectivity index (χ0) is 20.0. The first kappa shape index (κ1) is 24.7. The van der Waals surface area contributed by atoms with Gasteiger partial charge in [0, 0.05) is 26.1 Å². The molecule has 2 atom stereocenters. The number of rotatable bonds is 5. The topological polar surface area (TPSA) is 85.1 Å². The van der Waals surface area contributed by atoms with Gasteiger partial charge in [-0.05, 0) is 31.2 Å². The molecule has 2 N–H and O–H groups in total. The summed E-state index contributed by atoms with van der Waals surface area (Å²) in [4.78, 5) is 16.0. The minimum atomic E-state index is -0.393. The number of halogens is 1. The molecule has 7 nitrogen and oxygen atoms in total. The molecule has 1 fully saturated rings. The molecule has 0 spiro atoms. The van der Waals surface area contributed by atoms with Crippen LogP contribution in [0.2, 0.25) is 0 Å². The molecule has 160 valence electrons. The third kappa shape index (κ3) is 6.65. The molecule has 1 aromatic rings. The van der Waals surface area contributed by atoms with Gasteiger partial charge < -0.3 is 24.5 Å². The number of furan rings is 1. The van der Waals surface area contributed by atoms with Crippen molar-refractivity contribution in [3.63, 3.8) is 0 Å². The number of hydrogen-bond donors (Lipinski definition) is 2. The SMILES string of the molecule is CN=C(NCc1cc(C(=O)OC)c(C)o1)NCC1CCCOC1C(C)(C)C.I. The number of esters is 1. The second-order valence-corrected chi connectivity index (χ2v) is 8.04. The van der Waals surface area contributed by atoms with Gasteiger partial charge in [0.15, 0.2) is 5.96 Å². The van der Waals surface area contributed by atoms with E-state index in [1.54, 1.807) is 20.0 Å². The van der Waals surface area contributed by atoms with Crippen LogP contribution >= 0.6 is 24.0 Å². The number of ether oxygens (including phenoxy) is 2. The molecule has 1 aliphatic rings. The smallest absolute Gasteiger partial charge is 0.341 e. The van der Waals surface area contributed by atoms with Crippen LogP contribution in [0.25, 0.3) is 0 Å².